The lowest BCUT2D eigenvalue weighted by Crippen LogP contribution is -2.14. The highest BCUT2D eigenvalue weighted by atomic mass is 79.9. The van der Waals surface area contributed by atoms with Gasteiger partial charge < -0.3 is 4.18 Å². The molecule has 2 rings (SSSR count). The van der Waals surface area contributed by atoms with E-state index in [2.05, 4.69) is 20.1 Å². The third-order valence-corrected chi connectivity index (χ3v) is 4.70. The molecule has 0 saturated carbocycles. The quantitative estimate of drug-likeness (QED) is 0.338. The van der Waals surface area contributed by atoms with Crippen molar-refractivity contribution in [3.63, 3.8) is 0 Å². The minimum Gasteiger partial charge on any atom is -0.372 e. The van der Waals surface area contributed by atoms with E-state index in [9.17, 15) is 30.4 Å². The maximum atomic E-state index is 13.4. The van der Waals surface area contributed by atoms with Crippen LogP contribution in [0.25, 0.3) is 0 Å². The van der Waals surface area contributed by atoms with Crippen molar-refractivity contribution in [1.82, 2.24) is 0 Å². The summed E-state index contributed by atoms with van der Waals surface area (Å²) in [7, 11) is -4.82. The predicted octanol–water partition coefficient (Wildman–Crippen LogP) is 3.91. The minimum absolute atomic E-state index is 0.0149. The lowest BCUT2D eigenvalue weighted by Gasteiger charge is -2.11. The summed E-state index contributed by atoms with van der Waals surface area (Å²) in [4.78, 5) is -0.543. The fourth-order valence-electron chi connectivity index (χ4n) is 1.46. The molecule has 0 aliphatic heterocycles. The molecule has 0 aromatic heterocycles. The van der Waals surface area contributed by atoms with E-state index in [-0.39, 0.29) is 4.47 Å². The fourth-order valence-corrected chi connectivity index (χ4v) is 3.35. The van der Waals surface area contributed by atoms with Gasteiger partial charge >= 0.3 is 10.1 Å². The standard InChI is InChI=1S/C12H4BrF5O3S/c13-5-3-1-2-4-6(5)22(19,20)21-12-10(17)8(15)7(14)9(16)11(12)18/h1-4H. The average molecular weight is 403 g/mol. The van der Waals surface area contributed by atoms with Crippen molar-refractivity contribution < 1.29 is 34.6 Å². The van der Waals surface area contributed by atoms with E-state index in [0.717, 1.165) is 6.07 Å². The van der Waals surface area contributed by atoms with Crippen LogP contribution in [-0.2, 0) is 10.1 Å². The van der Waals surface area contributed by atoms with Gasteiger partial charge in [0.2, 0.25) is 34.8 Å². The Hall–Kier alpha value is -1.68. The van der Waals surface area contributed by atoms with E-state index >= 15 is 0 Å². The Morgan fingerprint density at radius 3 is 1.77 bits per heavy atom. The molecule has 0 aliphatic carbocycles. The van der Waals surface area contributed by atoms with Crippen molar-refractivity contribution in [3.8, 4) is 5.75 Å². The van der Waals surface area contributed by atoms with Crippen LogP contribution in [0.2, 0.25) is 0 Å². The highest BCUT2D eigenvalue weighted by Crippen LogP contribution is 2.32. The predicted molar refractivity (Wildman–Crippen MR) is 68.2 cm³/mol. The molecule has 0 saturated heterocycles. The normalized spacial score (nSPS) is 11.5. The second-order valence-electron chi connectivity index (χ2n) is 3.87. The number of benzene rings is 2. The Morgan fingerprint density at radius 2 is 1.27 bits per heavy atom. The van der Waals surface area contributed by atoms with Gasteiger partial charge in [-0.05, 0) is 28.1 Å². The van der Waals surface area contributed by atoms with E-state index < -0.39 is 49.8 Å². The summed E-state index contributed by atoms with van der Waals surface area (Å²) in [5.41, 5.74) is 0. The van der Waals surface area contributed by atoms with Gasteiger partial charge in [-0.3, -0.25) is 0 Å². The molecule has 0 spiro atoms. The Morgan fingerprint density at radius 1 is 0.818 bits per heavy atom. The first-order valence-corrected chi connectivity index (χ1v) is 7.57. The van der Waals surface area contributed by atoms with Crippen LogP contribution in [0.5, 0.6) is 5.75 Å². The molecular weight excluding hydrogens is 399 g/mol. The number of hydrogen-bond acceptors (Lipinski definition) is 3. The SMILES string of the molecule is O=S(=O)(Oc1c(F)c(F)c(F)c(F)c1F)c1ccccc1Br. The zero-order valence-corrected chi connectivity index (χ0v) is 12.6. The highest BCUT2D eigenvalue weighted by molar-refractivity contribution is 9.10. The van der Waals surface area contributed by atoms with Crippen LogP contribution in [0.1, 0.15) is 0 Å². The second-order valence-corrected chi connectivity index (χ2v) is 6.24. The van der Waals surface area contributed by atoms with E-state index in [1.807, 2.05) is 0 Å². The molecule has 0 atom stereocenters. The summed E-state index contributed by atoms with van der Waals surface area (Å²) in [6, 6.07) is 5.03. The van der Waals surface area contributed by atoms with Gasteiger partial charge in [0.05, 0.1) is 0 Å². The molecule has 0 radical (unpaired) electrons. The number of hydrogen-bond donors (Lipinski definition) is 0. The first-order valence-electron chi connectivity index (χ1n) is 5.37. The van der Waals surface area contributed by atoms with Crippen molar-refractivity contribution in [2.75, 3.05) is 0 Å². The molecule has 0 aliphatic rings. The zero-order valence-electron chi connectivity index (χ0n) is 10.2. The molecule has 2 aromatic carbocycles. The summed E-state index contributed by atoms with van der Waals surface area (Å²) in [6.07, 6.45) is 0. The van der Waals surface area contributed by atoms with E-state index in [1.54, 1.807) is 0 Å². The molecule has 0 unspecified atom stereocenters. The van der Waals surface area contributed by atoms with Crippen LogP contribution >= 0.6 is 15.9 Å². The zero-order chi connectivity index (χ0) is 16.7. The monoisotopic (exact) mass is 402 g/mol. The van der Waals surface area contributed by atoms with Gasteiger partial charge in [0.25, 0.3) is 0 Å². The maximum Gasteiger partial charge on any atom is 0.340 e. The molecule has 0 amide bonds. The molecule has 0 N–H and O–H groups in total. The molecular formula is C12H4BrF5O3S. The van der Waals surface area contributed by atoms with Crippen molar-refractivity contribution in [3.05, 3.63) is 57.8 Å². The largest absolute Gasteiger partial charge is 0.372 e. The summed E-state index contributed by atoms with van der Waals surface area (Å²) in [6.45, 7) is 0. The number of halogens is 6. The summed E-state index contributed by atoms with van der Waals surface area (Å²) >= 11 is 2.87. The third kappa shape index (κ3) is 2.80. The van der Waals surface area contributed by atoms with Crippen molar-refractivity contribution in [2.45, 2.75) is 4.90 Å². The van der Waals surface area contributed by atoms with Crippen LogP contribution in [0.3, 0.4) is 0 Å². The highest BCUT2D eigenvalue weighted by Gasteiger charge is 2.31. The minimum atomic E-state index is -4.82. The van der Waals surface area contributed by atoms with Crippen LogP contribution < -0.4 is 4.18 Å². The van der Waals surface area contributed by atoms with Crippen LogP contribution in [0.4, 0.5) is 22.0 Å². The van der Waals surface area contributed by atoms with Gasteiger partial charge in [0.15, 0.2) is 0 Å². The first kappa shape index (κ1) is 16.7. The third-order valence-electron chi connectivity index (χ3n) is 2.47. The molecule has 2 aromatic rings. The van der Waals surface area contributed by atoms with Gasteiger partial charge in [-0.1, -0.05) is 12.1 Å². The molecule has 118 valence electrons. The average Bonchev–Trinajstić information content (AvgIpc) is 2.48. The Balaban J connectivity index is 2.59. The lowest BCUT2D eigenvalue weighted by atomic mass is 10.3. The summed E-state index contributed by atoms with van der Waals surface area (Å²) in [5, 5.41) is 0. The molecule has 3 nitrogen and oxygen atoms in total. The van der Waals surface area contributed by atoms with E-state index in [1.165, 1.54) is 18.2 Å². The van der Waals surface area contributed by atoms with Crippen LogP contribution in [0.15, 0.2) is 33.6 Å². The fraction of sp³-hybridized carbons (Fsp3) is 0. The smallest absolute Gasteiger partial charge is 0.340 e. The van der Waals surface area contributed by atoms with Crippen molar-refractivity contribution in [2.24, 2.45) is 0 Å². The lowest BCUT2D eigenvalue weighted by molar-refractivity contribution is 0.346. The topological polar surface area (TPSA) is 43.4 Å². The second kappa shape index (κ2) is 5.84. The van der Waals surface area contributed by atoms with E-state index in [0.29, 0.717) is 0 Å². The Kier molecular flexibility index (Phi) is 4.43. The Labute approximate surface area is 129 Å². The molecule has 22 heavy (non-hydrogen) atoms. The van der Waals surface area contributed by atoms with Crippen LogP contribution in [-0.4, -0.2) is 8.42 Å². The van der Waals surface area contributed by atoms with Gasteiger partial charge in [-0.25, -0.2) is 13.2 Å². The number of rotatable bonds is 3. The molecule has 0 bridgehead atoms. The molecule has 0 heterocycles. The maximum absolute atomic E-state index is 13.4. The van der Waals surface area contributed by atoms with Crippen molar-refractivity contribution >= 4 is 26.0 Å². The Bertz CT molecular complexity index is 825. The molecule has 0 fully saturated rings. The van der Waals surface area contributed by atoms with Gasteiger partial charge in [0, 0.05) is 4.47 Å². The first-order chi connectivity index (χ1) is 10.2. The van der Waals surface area contributed by atoms with E-state index in [4.69, 9.17) is 0 Å². The van der Waals surface area contributed by atoms with Crippen LogP contribution in [0, 0.1) is 29.1 Å². The van der Waals surface area contributed by atoms with Gasteiger partial charge in [-0.15, -0.1) is 0 Å². The summed E-state index contributed by atoms with van der Waals surface area (Å²) < 4.78 is 93.7. The van der Waals surface area contributed by atoms with Crippen molar-refractivity contribution in [1.29, 1.82) is 0 Å². The van der Waals surface area contributed by atoms with Gasteiger partial charge in [0.1, 0.15) is 4.90 Å². The van der Waals surface area contributed by atoms with Gasteiger partial charge in [-0.2, -0.15) is 17.2 Å². The summed E-state index contributed by atoms with van der Waals surface area (Å²) in [5.74, 6) is -13.7. The molecule has 10 heteroatoms.